The molecule has 1 N–H and O–H groups in total. The van der Waals surface area contributed by atoms with Crippen LogP contribution in [0.5, 0.6) is 0 Å². The molecule has 1 saturated carbocycles. The Balaban J connectivity index is 2.01. The number of carbonyl (C=O) groups is 2. The lowest BCUT2D eigenvalue weighted by molar-refractivity contribution is -0.123. The zero-order valence-electron chi connectivity index (χ0n) is 16.7. The molecule has 1 heterocycles. The van der Waals surface area contributed by atoms with Crippen LogP contribution in [0, 0.1) is 23.5 Å². The van der Waals surface area contributed by atoms with Gasteiger partial charge >= 0.3 is 5.97 Å². The molecule has 1 aliphatic rings. The normalized spacial score (nSPS) is 19.4. The van der Waals surface area contributed by atoms with Gasteiger partial charge in [-0.15, -0.1) is 5.10 Å². The molecule has 3 rings (SSSR count). The fourth-order valence-electron chi connectivity index (χ4n) is 3.76. The van der Waals surface area contributed by atoms with Gasteiger partial charge < -0.3 is 5.11 Å². The van der Waals surface area contributed by atoms with Crippen LogP contribution in [0.3, 0.4) is 0 Å². The maximum atomic E-state index is 13.6. The first-order chi connectivity index (χ1) is 13.7. The summed E-state index contributed by atoms with van der Waals surface area (Å²) in [5.41, 5.74) is 0.00116. The fourth-order valence-corrected chi connectivity index (χ4v) is 3.76. The van der Waals surface area contributed by atoms with Gasteiger partial charge in [-0.2, -0.15) is 0 Å². The number of benzene rings is 1. The standard InChI is InChI=1S/C21H25F2N3O3/c1-12(2)26(20(27)14-6-4-13(3)5-7-14)19-16(21(28)29)11-25(24-19)15-8-9-17(22)18(23)10-15/h8-14H,4-7H2,1-3H3,(H,28,29)/t13-,14-. The average molecular weight is 405 g/mol. The van der Waals surface area contributed by atoms with E-state index in [4.69, 9.17) is 0 Å². The van der Waals surface area contributed by atoms with Crippen molar-refractivity contribution in [1.82, 2.24) is 9.78 Å². The molecule has 2 aromatic rings. The predicted octanol–water partition coefficient (Wildman–Crippen LogP) is 4.42. The van der Waals surface area contributed by atoms with Crippen LogP contribution in [-0.2, 0) is 4.79 Å². The number of carboxylic acid groups (broad SMARTS) is 1. The van der Waals surface area contributed by atoms with Gasteiger partial charge in [-0.1, -0.05) is 6.92 Å². The molecular weight excluding hydrogens is 380 g/mol. The van der Waals surface area contributed by atoms with Crippen molar-refractivity contribution in [1.29, 1.82) is 0 Å². The number of hydrogen-bond donors (Lipinski definition) is 1. The van der Waals surface area contributed by atoms with Crippen molar-refractivity contribution >= 4 is 17.7 Å². The Morgan fingerprint density at radius 1 is 1.17 bits per heavy atom. The number of aromatic nitrogens is 2. The molecule has 156 valence electrons. The molecule has 1 amide bonds. The van der Waals surface area contributed by atoms with Crippen molar-refractivity contribution < 1.29 is 23.5 Å². The van der Waals surface area contributed by atoms with Crippen LogP contribution < -0.4 is 4.90 Å². The van der Waals surface area contributed by atoms with Crippen molar-refractivity contribution in [3.63, 3.8) is 0 Å². The quantitative estimate of drug-likeness (QED) is 0.799. The van der Waals surface area contributed by atoms with E-state index in [-0.39, 0.29) is 34.9 Å². The second-order valence-electron chi connectivity index (χ2n) is 7.97. The molecule has 0 unspecified atom stereocenters. The summed E-state index contributed by atoms with van der Waals surface area (Å²) in [4.78, 5) is 26.5. The Morgan fingerprint density at radius 3 is 2.38 bits per heavy atom. The summed E-state index contributed by atoms with van der Waals surface area (Å²) >= 11 is 0. The lowest BCUT2D eigenvalue weighted by Gasteiger charge is -2.32. The Labute approximate surface area is 168 Å². The monoisotopic (exact) mass is 405 g/mol. The third-order valence-corrected chi connectivity index (χ3v) is 5.44. The average Bonchev–Trinajstić information content (AvgIpc) is 3.09. The first-order valence-corrected chi connectivity index (χ1v) is 9.80. The van der Waals surface area contributed by atoms with E-state index in [0.717, 1.165) is 42.5 Å². The second kappa shape index (κ2) is 8.31. The molecule has 1 aromatic carbocycles. The van der Waals surface area contributed by atoms with Crippen molar-refractivity contribution in [2.45, 2.75) is 52.5 Å². The largest absolute Gasteiger partial charge is 0.477 e. The van der Waals surface area contributed by atoms with Crippen molar-refractivity contribution in [2.24, 2.45) is 11.8 Å². The Bertz CT molecular complexity index is 918. The molecule has 1 aromatic heterocycles. The summed E-state index contributed by atoms with van der Waals surface area (Å²) in [5, 5.41) is 13.9. The number of amides is 1. The molecule has 6 nitrogen and oxygen atoms in total. The van der Waals surface area contributed by atoms with Gasteiger partial charge in [-0.05, 0) is 57.6 Å². The summed E-state index contributed by atoms with van der Waals surface area (Å²) in [6.07, 6.45) is 4.65. The molecule has 1 fully saturated rings. The number of anilines is 1. The van der Waals surface area contributed by atoms with Gasteiger partial charge in [-0.25, -0.2) is 18.3 Å². The van der Waals surface area contributed by atoms with Crippen LogP contribution in [0.2, 0.25) is 0 Å². The summed E-state index contributed by atoms with van der Waals surface area (Å²) < 4.78 is 28.0. The second-order valence-corrected chi connectivity index (χ2v) is 7.97. The van der Waals surface area contributed by atoms with Gasteiger partial charge in [0.25, 0.3) is 0 Å². The minimum absolute atomic E-state index is 0.0147. The van der Waals surface area contributed by atoms with Crippen LogP contribution in [0.1, 0.15) is 56.8 Å². The number of rotatable bonds is 5. The zero-order chi connectivity index (χ0) is 21.3. The van der Waals surface area contributed by atoms with E-state index in [0.29, 0.717) is 5.92 Å². The summed E-state index contributed by atoms with van der Waals surface area (Å²) in [7, 11) is 0. The third kappa shape index (κ3) is 4.31. The lowest BCUT2D eigenvalue weighted by Crippen LogP contribution is -2.43. The highest BCUT2D eigenvalue weighted by molar-refractivity contribution is 6.01. The van der Waals surface area contributed by atoms with Crippen LogP contribution >= 0.6 is 0 Å². The van der Waals surface area contributed by atoms with Gasteiger partial charge in [0, 0.05) is 24.2 Å². The number of hydrogen-bond acceptors (Lipinski definition) is 3. The van der Waals surface area contributed by atoms with E-state index < -0.39 is 17.6 Å². The molecule has 0 bridgehead atoms. The molecule has 1 aliphatic carbocycles. The first kappa shape index (κ1) is 21.0. The Kier molecular flexibility index (Phi) is 6.00. The maximum Gasteiger partial charge on any atom is 0.341 e. The highest BCUT2D eigenvalue weighted by atomic mass is 19.2. The van der Waals surface area contributed by atoms with Crippen molar-refractivity contribution in [3.05, 3.63) is 41.6 Å². The topological polar surface area (TPSA) is 75.4 Å². The molecule has 0 radical (unpaired) electrons. The summed E-state index contributed by atoms with van der Waals surface area (Å²) in [6, 6.07) is 2.86. The minimum atomic E-state index is -1.25. The SMILES string of the molecule is CC(C)N(c1nn(-c2ccc(F)c(F)c2)cc1C(=O)O)C(=O)[C@H]1CC[C@H](C)CC1. The fraction of sp³-hybridized carbons (Fsp3) is 0.476. The van der Waals surface area contributed by atoms with Crippen LogP contribution in [-0.4, -0.2) is 32.8 Å². The maximum absolute atomic E-state index is 13.6. The van der Waals surface area contributed by atoms with Gasteiger partial charge in [0.1, 0.15) is 5.56 Å². The van der Waals surface area contributed by atoms with Gasteiger partial charge in [0.2, 0.25) is 5.91 Å². The first-order valence-electron chi connectivity index (χ1n) is 9.80. The molecule has 29 heavy (non-hydrogen) atoms. The van der Waals surface area contributed by atoms with E-state index in [2.05, 4.69) is 12.0 Å². The third-order valence-electron chi connectivity index (χ3n) is 5.44. The van der Waals surface area contributed by atoms with Gasteiger partial charge in [0.05, 0.1) is 5.69 Å². The van der Waals surface area contributed by atoms with E-state index in [9.17, 15) is 23.5 Å². The van der Waals surface area contributed by atoms with Crippen LogP contribution in [0.4, 0.5) is 14.6 Å². The number of halogens is 2. The van der Waals surface area contributed by atoms with E-state index >= 15 is 0 Å². The van der Waals surface area contributed by atoms with E-state index in [1.165, 1.54) is 17.2 Å². The van der Waals surface area contributed by atoms with Crippen molar-refractivity contribution in [3.8, 4) is 5.69 Å². The number of carboxylic acids is 1. The van der Waals surface area contributed by atoms with Crippen LogP contribution in [0.25, 0.3) is 5.69 Å². The van der Waals surface area contributed by atoms with E-state index in [1.54, 1.807) is 13.8 Å². The summed E-state index contributed by atoms with van der Waals surface area (Å²) in [6.45, 7) is 5.75. The summed E-state index contributed by atoms with van der Waals surface area (Å²) in [5.74, 6) is -3.05. The number of nitrogens with zero attached hydrogens (tertiary/aromatic N) is 3. The smallest absolute Gasteiger partial charge is 0.341 e. The molecule has 0 atom stereocenters. The zero-order valence-corrected chi connectivity index (χ0v) is 16.7. The molecule has 0 spiro atoms. The number of aromatic carboxylic acids is 1. The lowest BCUT2D eigenvalue weighted by atomic mass is 9.82. The Hall–Kier alpha value is -2.77. The minimum Gasteiger partial charge on any atom is -0.477 e. The predicted molar refractivity (Wildman–Crippen MR) is 104 cm³/mol. The van der Waals surface area contributed by atoms with Gasteiger partial charge in [0.15, 0.2) is 17.5 Å². The van der Waals surface area contributed by atoms with Crippen molar-refractivity contribution in [2.75, 3.05) is 4.90 Å². The number of carbonyl (C=O) groups excluding carboxylic acids is 1. The molecule has 8 heteroatoms. The van der Waals surface area contributed by atoms with E-state index in [1.807, 2.05) is 0 Å². The van der Waals surface area contributed by atoms with Crippen LogP contribution in [0.15, 0.2) is 24.4 Å². The van der Waals surface area contributed by atoms with Gasteiger partial charge in [-0.3, -0.25) is 9.69 Å². The highest BCUT2D eigenvalue weighted by Gasteiger charge is 2.34. The Morgan fingerprint density at radius 2 is 1.83 bits per heavy atom. The highest BCUT2D eigenvalue weighted by Crippen LogP contribution is 2.32. The molecule has 0 aliphatic heterocycles. The molecule has 0 saturated heterocycles. The molecular formula is C21H25F2N3O3.